The predicted molar refractivity (Wildman–Crippen MR) is 97.6 cm³/mol. The summed E-state index contributed by atoms with van der Waals surface area (Å²) in [6.07, 6.45) is 1.75. The highest BCUT2D eigenvalue weighted by Gasteiger charge is 2.30. The molecule has 1 fully saturated rings. The topological polar surface area (TPSA) is 101 Å². The van der Waals surface area contributed by atoms with Crippen molar-refractivity contribution in [1.82, 2.24) is 4.72 Å². The Hall–Kier alpha value is -1.29. The van der Waals surface area contributed by atoms with Crippen LogP contribution in [0.1, 0.15) is 40.0 Å². The lowest BCUT2D eigenvalue weighted by Gasteiger charge is -2.21. The number of halogens is 3. The highest BCUT2D eigenvalue weighted by atomic mass is 35.5. The fourth-order valence-corrected chi connectivity index (χ4v) is 4.28. The van der Waals surface area contributed by atoms with Crippen molar-refractivity contribution in [3.05, 3.63) is 23.8 Å². The molecule has 0 heterocycles. The Balaban J connectivity index is 0.00000338. The van der Waals surface area contributed by atoms with Gasteiger partial charge in [-0.2, -0.15) is 0 Å². The lowest BCUT2D eigenvalue weighted by atomic mass is 10.1. The average molecular weight is 412 g/mol. The normalized spacial score (nSPS) is 20.5. The molecule has 0 saturated heterocycles. The van der Waals surface area contributed by atoms with Crippen LogP contribution in [0.4, 0.5) is 14.5 Å². The Morgan fingerprint density at radius 3 is 2.31 bits per heavy atom. The van der Waals surface area contributed by atoms with E-state index in [1.54, 1.807) is 20.8 Å². The molecule has 0 aliphatic heterocycles. The summed E-state index contributed by atoms with van der Waals surface area (Å²) in [6, 6.07) is 1.17. The van der Waals surface area contributed by atoms with E-state index in [0.717, 1.165) is 6.07 Å². The molecule has 10 heteroatoms. The summed E-state index contributed by atoms with van der Waals surface area (Å²) in [5.41, 5.74) is 4.54. The maximum absolute atomic E-state index is 14.0. The van der Waals surface area contributed by atoms with E-state index >= 15 is 0 Å². The summed E-state index contributed by atoms with van der Waals surface area (Å²) in [6.45, 7) is 4.79. The van der Waals surface area contributed by atoms with E-state index in [1.807, 2.05) is 0 Å². The number of sulfonamides is 1. The minimum atomic E-state index is -4.21. The number of anilines is 1. The first-order chi connectivity index (χ1) is 11.4. The minimum Gasteiger partial charge on any atom is -0.328 e. The van der Waals surface area contributed by atoms with E-state index in [2.05, 4.69) is 10.0 Å². The van der Waals surface area contributed by atoms with Crippen LogP contribution in [-0.2, 0) is 14.8 Å². The number of nitrogens with two attached hydrogens (primary N) is 1. The van der Waals surface area contributed by atoms with E-state index in [9.17, 15) is 22.0 Å². The lowest BCUT2D eigenvalue weighted by molar-refractivity contribution is -0.119. The number of rotatable bonds is 4. The van der Waals surface area contributed by atoms with Crippen LogP contribution in [-0.4, -0.2) is 25.9 Å². The van der Waals surface area contributed by atoms with E-state index in [1.165, 1.54) is 0 Å². The van der Waals surface area contributed by atoms with Gasteiger partial charge in [-0.3, -0.25) is 4.79 Å². The smallest absolute Gasteiger partial charge is 0.244 e. The second-order valence-electron chi connectivity index (χ2n) is 7.38. The summed E-state index contributed by atoms with van der Waals surface area (Å²) in [7, 11) is -4.21. The molecule has 1 aliphatic rings. The van der Waals surface area contributed by atoms with E-state index in [-0.39, 0.29) is 30.1 Å². The zero-order chi connectivity index (χ0) is 19.0. The zero-order valence-corrected chi connectivity index (χ0v) is 16.4. The molecule has 2 unspecified atom stereocenters. The molecule has 0 spiro atoms. The number of hydrogen-bond acceptors (Lipinski definition) is 4. The first-order valence-corrected chi connectivity index (χ1v) is 9.47. The molecule has 2 rings (SSSR count). The molecule has 2 atom stereocenters. The van der Waals surface area contributed by atoms with Crippen molar-refractivity contribution >= 4 is 34.0 Å². The Morgan fingerprint density at radius 2 is 1.81 bits per heavy atom. The van der Waals surface area contributed by atoms with Gasteiger partial charge >= 0.3 is 0 Å². The van der Waals surface area contributed by atoms with Gasteiger partial charge in [0.05, 0.1) is 5.69 Å². The number of carbonyl (C=O) groups is 1. The van der Waals surface area contributed by atoms with Crippen molar-refractivity contribution in [3.8, 4) is 0 Å². The SMILES string of the molecule is CC(C)(C)NS(=O)(=O)c1cc(NC(=O)C2CCC(N)C2)c(F)cc1F.Cl. The summed E-state index contributed by atoms with van der Waals surface area (Å²) >= 11 is 0. The third-order valence-electron chi connectivity index (χ3n) is 3.85. The maximum atomic E-state index is 14.0. The van der Waals surface area contributed by atoms with Gasteiger partial charge in [0, 0.05) is 23.6 Å². The zero-order valence-electron chi connectivity index (χ0n) is 14.8. The monoisotopic (exact) mass is 411 g/mol. The molecule has 0 radical (unpaired) electrons. The van der Waals surface area contributed by atoms with Gasteiger partial charge in [-0.25, -0.2) is 21.9 Å². The Morgan fingerprint density at radius 1 is 1.19 bits per heavy atom. The largest absolute Gasteiger partial charge is 0.328 e. The van der Waals surface area contributed by atoms with Crippen LogP contribution in [0.15, 0.2) is 17.0 Å². The van der Waals surface area contributed by atoms with Gasteiger partial charge < -0.3 is 11.1 Å². The van der Waals surface area contributed by atoms with E-state index in [4.69, 9.17) is 5.73 Å². The molecule has 4 N–H and O–H groups in total. The molecule has 1 aromatic carbocycles. The van der Waals surface area contributed by atoms with Gasteiger partial charge in [0.1, 0.15) is 16.5 Å². The summed E-state index contributed by atoms with van der Waals surface area (Å²) in [4.78, 5) is 11.5. The van der Waals surface area contributed by atoms with Crippen LogP contribution in [0.25, 0.3) is 0 Å². The molecule has 1 aromatic rings. The van der Waals surface area contributed by atoms with Crippen LogP contribution in [0.5, 0.6) is 0 Å². The maximum Gasteiger partial charge on any atom is 0.244 e. The summed E-state index contributed by atoms with van der Waals surface area (Å²) in [5.74, 6) is -3.09. The third kappa shape index (κ3) is 5.60. The lowest BCUT2D eigenvalue weighted by Crippen LogP contribution is -2.40. The predicted octanol–water partition coefficient (Wildman–Crippen LogP) is 2.53. The van der Waals surface area contributed by atoms with Crippen molar-refractivity contribution in [2.24, 2.45) is 11.7 Å². The number of nitrogens with one attached hydrogen (secondary N) is 2. The molecule has 148 valence electrons. The van der Waals surface area contributed by atoms with Crippen molar-refractivity contribution in [3.63, 3.8) is 0 Å². The van der Waals surface area contributed by atoms with Gasteiger partial charge in [0.2, 0.25) is 15.9 Å². The minimum absolute atomic E-state index is 0. The molecule has 1 amide bonds. The Labute approximate surface area is 158 Å². The molecule has 6 nitrogen and oxygen atoms in total. The molecular weight excluding hydrogens is 388 g/mol. The number of amides is 1. The molecule has 1 aliphatic carbocycles. The van der Waals surface area contributed by atoms with Gasteiger partial charge in [-0.05, 0) is 46.1 Å². The van der Waals surface area contributed by atoms with Crippen molar-refractivity contribution in [1.29, 1.82) is 0 Å². The van der Waals surface area contributed by atoms with Crippen LogP contribution in [0, 0.1) is 17.6 Å². The molecule has 0 bridgehead atoms. The Bertz CT molecular complexity index is 782. The van der Waals surface area contributed by atoms with Gasteiger partial charge in [-0.1, -0.05) is 0 Å². The average Bonchev–Trinajstić information content (AvgIpc) is 2.85. The number of benzene rings is 1. The first kappa shape index (κ1) is 22.8. The quantitative estimate of drug-likeness (QED) is 0.708. The third-order valence-corrected chi connectivity index (χ3v) is 5.63. The molecule has 0 aromatic heterocycles. The number of carbonyl (C=O) groups excluding carboxylic acids is 1. The first-order valence-electron chi connectivity index (χ1n) is 7.98. The highest BCUT2D eigenvalue weighted by Crippen LogP contribution is 2.28. The van der Waals surface area contributed by atoms with Crippen LogP contribution < -0.4 is 15.8 Å². The summed E-state index contributed by atoms with van der Waals surface area (Å²) < 4.78 is 54.9. The van der Waals surface area contributed by atoms with Crippen molar-refractivity contribution in [2.45, 2.75) is 56.5 Å². The second-order valence-corrected chi connectivity index (χ2v) is 9.03. The van der Waals surface area contributed by atoms with E-state index < -0.39 is 38.0 Å². The number of hydrogen-bond donors (Lipinski definition) is 3. The van der Waals surface area contributed by atoms with Crippen LogP contribution >= 0.6 is 12.4 Å². The second kappa shape index (κ2) is 8.16. The fraction of sp³-hybridized carbons (Fsp3) is 0.562. The van der Waals surface area contributed by atoms with Crippen molar-refractivity contribution in [2.75, 3.05) is 5.32 Å². The Kier molecular flexibility index (Phi) is 7.14. The van der Waals surface area contributed by atoms with Crippen molar-refractivity contribution < 1.29 is 22.0 Å². The molecular formula is C16H24ClF2N3O3S. The fourth-order valence-electron chi connectivity index (χ4n) is 2.78. The molecule has 26 heavy (non-hydrogen) atoms. The van der Waals surface area contributed by atoms with Crippen LogP contribution in [0.3, 0.4) is 0 Å². The van der Waals surface area contributed by atoms with Gasteiger partial charge in [-0.15, -0.1) is 12.4 Å². The molecule has 1 saturated carbocycles. The summed E-state index contributed by atoms with van der Waals surface area (Å²) in [5, 5.41) is 2.35. The van der Waals surface area contributed by atoms with Crippen LogP contribution in [0.2, 0.25) is 0 Å². The standard InChI is InChI=1S/C16H23F2N3O3S.ClH/c1-16(2,3)21-25(23,24)14-8-13(11(17)7-12(14)18)20-15(22)9-4-5-10(19)6-9;/h7-10,21H,4-6,19H2,1-3H3,(H,20,22);1H. The van der Waals surface area contributed by atoms with Gasteiger partial charge in [0.25, 0.3) is 0 Å². The highest BCUT2D eigenvalue weighted by molar-refractivity contribution is 7.89. The van der Waals surface area contributed by atoms with E-state index in [0.29, 0.717) is 25.3 Å². The van der Waals surface area contributed by atoms with Gasteiger partial charge in [0.15, 0.2) is 0 Å².